The lowest BCUT2D eigenvalue weighted by Gasteiger charge is -2.21. The average molecular weight is 225 g/mol. The first-order valence-corrected chi connectivity index (χ1v) is 5.82. The van der Waals surface area contributed by atoms with Crippen LogP contribution in [0, 0.1) is 13.8 Å². The van der Waals surface area contributed by atoms with E-state index in [-0.39, 0.29) is 0 Å². The normalized spacial score (nSPS) is 12.4. The van der Waals surface area contributed by atoms with Gasteiger partial charge in [-0.2, -0.15) is 0 Å². The molecule has 2 aromatic rings. The monoisotopic (exact) mass is 225 g/mol. The zero-order valence-corrected chi connectivity index (χ0v) is 10.1. The SMILES string of the molecule is Cc1ccc(Nc2ccc3c(c2)OC3)cc1C. The molecule has 17 heavy (non-hydrogen) atoms. The van der Waals surface area contributed by atoms with Crippen LogP contribution in [0.15, 0.2) is 36.4 Å². The van der Waals surface area contributed by atoms with E-state index in [2.05, 4.69) is 49.5 Å². The molecule has 0 bridgehead atoms. The van der Waals surface area contributed by atoms with Gasteiger partial charge >= 0.3 is 0 Å². The molecule has 0 saturated carbocycles. The molecule has 1 N–H and O–H groups in total. The molecule has 1 aliphatic heterocycles. The Labute approximate surface area is 101 Å². The zero-order chi connectivity index (χ0) is 11.8. The molecule has 1 heterocycles. The second-order valence-corrected chi connectivity index (χ2v) is 4.54. The number of aryl methyl sites for hydroxylation is 2. The molecule has 0 atom stereocenters. The van der Waals surface area contributed by atoms with Crippen LogP contribution in [-0.4, -0.2) is 0 Å². The summed E-state index contributed by atoms with van der Waals surface area (Å²) in [5.41, 5.74) is 6.10. The number of hydrogen-bond donors (Lipinski definition) is 1. The Morgan fingerprint density at radius 2 is 1.71 bits per heavy atom. The van der Waals surface area contributed by atoms with Crippen LogP contribution in [-0.2, 0) is 6.61 Å². The van der Waals surface area contributed by atoms with Gasteiger partial charge in [0.15, 0.2) is 0 Å². The van der Waals surface area contributed by atoms with Crippen molar-refractivity contribution in [2.75, 3.05) is 5.32 Å². The molecule has 0 spiro atoms. The van der Waals surface area contributed by atoms with E-state index in [1.165, 1.54) is 16.7 Å². The van der Waals surface area contributed by atoms with E-state index in [1.54, 1.807) is 0 Å². The van der Waals surface area contributed by atoms with Gasteiger partial charge in [0.05, 0.1) is 0 Å². The minimum absolute atomic E-state index is 0.749. The molecule has 3 rings (SSSR count). The molecule has 0 aliphatic carbocycles. The van der Waals surface area contributed by atoms with E-state index in [0.717, 1.165) is 23.7 Å². The van der Waals surface area contributed by atoms with Gasteiger partial charge in [0.25, 0.3) is 0 Å². The maximum atomic E-state index is 5.36. The molecule has 0 amide bonds. The fourth-order valence-corrected chi connectivity index (χ4v) is 1.95. The Morgan fingerprint density at radius 3 is 2.35 bits per heavy atom. The van der Waals surface area contributed by atoms with Crippen LogP contribution in [0.3, 0.4) is 0 Å². The highest BCUT2D eigenvalue weighted by Gasteiger charge is 2.14. The van der Waals surface area contributed by atoms with Crippen molar-refractivity contribution < 1.29 is 4.74 Å². The van der Waals surface area contributed by atoms with Gasteiger partial charge in [0.2, 0.25) is 0 Å². The van der Waals surface area contributed by atoms with Crippen LogP contribution < -0.4 is 10.1 Å². The first-order valence-electron chi connectivity index (χ1n) is 5.82. The molecule has 0 fully saturated rings. The van der Waals surface area contributed by atoms with Crippen molar-refractivity contribution >= 4 is 11.4 Å². The highest BCUT2D eigenvalue weighted by molar-refractivity contribution is 5.64. The molecule has 1 aliphatic rings. The summed E-state index contributed by atoms with van der Waals surface area (Å²) < 4.78 is 5.36. The molecule has 86 valence electrons. The van der Waals surface area contributed by atoms with E-state index in [0.29, 0.717) is 0 Å². The third-order valence-corrected chi connectivity index (χ3v) is 3.25. The van der Waals surface area contributed by atoms with Gasteiger partial charge in [-0.25, -0.2) is 0 Å². The standard InChI is InChI=1S/C15H15NO/c1-10-3-5-13(7-11(10)2)16-14-6-4-12-9-17-15(12)8-14/h3-8,16H,9H2,1-2H3. The third kappa shape index (κ3) is 1.86. The molecular formula is C15H15NO. The minimum atomic E-state index is 0.749. The quantitative estimate of drug-likeness (QED) is 0.835. The molecule has 0 unspecified atom stereocenters. The minimum Gasteiger partial charge on any atom is -0.488 e. The third-order valence-electron chi connectivity index (χ3n) is 3.25. The lowest BCUT2D eigenvalue weighted by atomic mass is 10.1. The van der Waals surface area contributed by atoms with Crippen molar-refractivity contribution in [2.45, 2.75) is 20.5 Å². The molecule has 2 aromatic carbocycles. The fraction of sp³-hybridized carbons (Fsp3) is 0.200. The number of anilines is 2. The fourth-order valence-electron chi connectivity index (χ4n) is 1.95. The highest BCUT2D eigenvalue weighted by Crippen LogP contribution is 2.32. The van der Waals surface area contributed by atoms with Gasteiger partial charge in [0.1, 0.15) is 12.4 Å². The van der Waals surface area contributed by atoms with Crippen molar-refractivity contribution in [3.63, 3.8) is 0 Å². The Morgan fingerprint density at radius 1 is 0.941 bits per heavy atom. The van der Waals surface area contributed by atoms with Gasteiger partial charge in [0, 0.05) is 23.0 Å². The Balaban J connectivity index is 1.86. The predicted octanol–water partition coefficient (Wildman–Crippen LogP) is 3.94. The van der Waals surface area contributed by atoms with Crippen molar-refractivity contribution in [3.8, 4) is 5.75 Å². The van der Waals surface area contributed by atoms with Crippen LogP contribution in [0.2, 0.25) is 0 Å². The van der Waals surface area contributed by atoms with Gasteiger partial charge in [-0.05, 0) is 49.2 Å². The number of hydrogen-bond acceptors (Lipinski definition) is 2. The first-order chi connectivity index (χ1) is 8.22. The summed E-state index contributed by atoms with van der Waals surface area (Å²) in [6, 6.07) is 12.7. The molecule has 0 aromatic heterocycles. The van der Waals surface area contributed by atoms with Crippen LogP contribution in [0.1, 0.15) is 16.7 Å². The van der Waals surface area contributed by atoms with Crippen LogP contribution >= 0.6 is 0 Å². The second-order valence-electron chi connectivity index (χ2n) is 4.54. The number of fused-ring (bicyclic) bond motifs is 1. The van der Waals surface area contributed by atoms with Crippen molar-refractivity contribution in [2.24, 2.45) is 0 Å². The van der Waals surface area contributed by atoms with Gasteiger partial charge in [-0.15, -0.1) is 0 Å². The zero-order valence-electron chi connectivity index (χ0n) is 10.1. The number of benzene rings is 2. The first kappa shape index (κ1) is 10.2. The lowest BCUT2D eigenvalue weighted by molar-refractivity contribution is 0.243. The van der Waals surface area contributed by atoms with Crippen molar-refractivity contribution in [1.82, 2.24) is 0 Å². The Hall–Kier alpha value is -1.96. The van der Waals surface area contributed by atoms with E-state index < -0.39 is 0 Å². The van der Waals surface area contributed by atoms with Gasteiger partial charge in [-0.1, -0.05) is 6.07 Å². The average Bonchev–Trinajstić information content (AvgIpc) is 2.27. The van der Waals surface area contributed by atoms with E-state index in [9.17, 15) is 0 Å². The number of nitrogens with one attached hydrogen (secondary N) is 1. The maximum absolute atomic E-state index is 5.36. The lowest BCUT2D eigenvalue weighted by Crippen LogP contribution is -2.09. The summed E-state index contributed by atoms with van der Waals surface area (Å²) >= 11 is 0. The summed E-state index contributed by atoms with van der Waals surface area (Å²) in [5.74, 6) is 0.999. The molecule has 0 radical (unpaired) electrons. The summed E-state index contributed by atoms with van der Waals surface area (Å²) in [6.45, 7) is 5.00. The van der Waals surface area contributed by atoms with Gasteiger partial charge < -0.3 is 10.1 Å². The maximum Gasteiger partial charge on any atom is 0.128 e. The highest BCUT2D eigenvalue weighted by atomic mass is 16.5. The van der Waals surface area contributed by atoms with E-state index in [1.807, 2.05) is 6.07 Å². The number of rotatable bonds is 2. The Kier molecular flexibility index (Phi) is 2.29. The van der Waals surface area contributed by atoms with Crippen LogP contribution in [0.25, 0.3) is 0 Å². The predicted molar refractivity (Wildman–Crippen MR) is 70.0 cm³/mol. The van der Waals surface area contributed by atoms with Crippen molar-refractivity contribution in [1.29, 1.82) is 0 Å². The van der Waals surface area contributed by atoms with Crippen LogP contribution in [0.5, 0.6) is 5.75 Å². The Bertz CT molecular complexity index is 538. The van der Waals surface area contributed by atoms with E-state index in [4.69, 9.17) is 4.74 Å². The summed E-state index contributed by atoms with van der Waals surface area (Å²) in [5, 5.41) is 3.39. The smallest absolute Gasteiger partial charge is 0.128 e. The summed E-state index contributed by atoms with van der Waals surface area (Å²) in [4.78, 5) is 0. The van der Waals surface area contributed by atoms with Crippen LogP contribution in [0.4, 0.5) is 11.4 Å². The molecular weight excluding hydrogens is 210 g/mol. The molecule has 0 saturated heterocycles. The van der Waals surface area contributed by atoms with Gasteiger partial charge in [-0.3, -0.25) is 0 Å². The van der Waals surface area contributed by atoms with E-state index >= 15 is 0 Å². The topological polar surface area (TPSA) is 21.3 Å². The summed E-state index contributed by atoms with van der Waals surface area (Å²) in [7, 11) is 0. The number of ether oxygens (including phenoxy) is 1. The molecule has 2 nitrogen and oxygen atoms in total. The second kappa shape index (κ2) is 3.81. The molecule has 2 heteroatoms. The largest absolute Gasteiger partial charge is 0.488 e. The summed E-state index contributed by atoms with van der Waals surface area (Å²) in [6.07, 6.45) is 0. The van der Waals surface area contributed by atoms with Crippen molar-refractivity contribution in [3.05, 3.63) is 53.1 Å².